The van der Waals surface area contributed by atoms with Gasteiger partial charge in [-0.2, -0.15) is 0 Å². The summed E-state index contributed by atoms with van der Waals surface area (Å²) in [5.74, 6) is 0.812. The van der Waals surface area contributed by atoms with Gasteiger partial charge in [-0.25, -0.2) is 0 Å². The number of likely N-dealkylation sites (tertiary alicyclic amines) is 1. The fraction of sp³-hybridized carbons (Fsp3) is 0.556. The maximum Gasteiger partial charge on any atom is 0.0483 e. The van der Waals surface area contributed by atoms with Gasteiger partial charge in [-0.15, -0.1) is 0 Å². The van der Waals surface area contributed by atoms with E-state index in [2.05, 4.69) is 53.8 Å². The first-order chi connectivity index (χ1) is 10.2. The van der Waals surface area contributed by atoms with Crippen LogP contribution in [-0.2, 0) is 13.1 Å². The van der Waals surface area contributed by atoms with Crippen LogP contribution in [0.25, 0.3) is 10.9 Å². The van der Waals surface area contributed by atoms with E-state index in [-0.39, 0.29) is 0 Å². The third-order valence-electron chi connectivity index (χ3n) is 4.96. The Balaban J connectivity index is 1.87. The summed E-state index contributed by atoms with van der Waals surface area (Å²) < 4.78 is 2.36. The molecule has 114 valence electrons. The van der Waals surface area contributed by atoms with Crippen molar-refractivity contribution in [3.05, 3.63) is 36.0 Å². The molecule has 1 fully saturated rings. The van der Waals surface area contributed by atoms with Gasteiger partial charge in [-0.3, -0.25) is 4.90 Å². The molecule has 0 spiro atoms. The molecule has 2 heterocycles. The summed E-state index contributed by atoms with van der Waals surface area (Å²) in [5, 5.41) is 1.40. The van der Waals surface area contributed by atoms with Gasteiger partial charge in [0, 0.05) is 42.8 Å². The minimum absolute atomic E-state index is 0.539. The molecule has 0 amide bonds. The summed E-state index contributed by atoms with van der Waals surface area (Å²) in [6.45, 7) is 8.57. The van der Waals surface area contributed by atoms with E-state index in [0.717, 1.165) is 25.6 Å². The van der Waals surface area contributed by atoms with Crippen molar-refractivity contribution in [3.8, 4) is 0 Å². The number of aromatic nitrogens is 1. The number of nitrogens with two attached hydrogens (primary N) is 1. The molecule has 0 saturated carbocycles. The van der Waals surface area contributed by atoms with Crippen LogP contribution in [0.2, 0.25) is 0 Å². The second-order valence-corrected chi connectivity index (χ2v) is 6.45. The van der Waals surface area contributed by atoms with Crippen LogP contribution in [0.1, 0.15) is 32.3 Å². The van der Waals surface area contributed by atoms with Crippen molar-refractivity contribution in [1.82, 2.24) is 9.47 Å². The van der Waals surface area contributed by atoms with Crippen LogP contribution in [0, 0.1) is 5.92 Å². The van der Waals surface area contributed by atoms with Gasteiger partial charge in [-0.1, -0.05) is 25.1 Å². The molecule has 1 aromatic heterocycles. The molecule has 1 aliphatic rings. The van der Waals surface area contributed by atoms with Crippen LogP contribution in [-0.4, -0.2) is 28.6 Å². The summed E-state index contributed by atoms with van der Waals surface area (Å²) in [6, 6.07) is 9.29. The minimum atomic E-state index is 0.539. The highest BCUT2D eigenvalue weighted by Crippen LogP contribution is 2.27. The van der Waals surface area contributed by atoms with Crippen LogP contribution in [0.5, 0.6) is 0 Å². The molecule has 1 aliphatic heterocycles. The molecular weight excluding hydrogens is 258 g/mol. The average Bonchev–Trinajstić information content (AvgIpc) is 2.87. The molecule has 3 heteroatoms. The van der Waals surface area contributed by atoms with Crippen LogP contribution in [0.15, 0.2) is 30.5 Å². The number of piperidine rings is 1. The molecule has 3 rings (SSSR count). The van der Waals surface area contributed by atoms with Crippen molar-refractivity contribution in [3.63, 3.8) is 0 Å². The molecule has 21 heavy (non-hydrogen) atoms. The molecule has 3 nitrogen and oxygen atoms in total. The van der Waals surface area contributed by atoms with Gasteiger partial charge in [0.1, 0.15) is 0 Å². The van der Waals surface area contributed by atoms with Crippen molar-refractivity contribution in [2.24, 2.45) is 11.7 Å². The number of rotatable bonds is 4. The largest absolute Gasteiger partial charge is 0.347 e. The molecule has 1 aromatic carbocycles. The number of fused-ring (bicyclic) bond motifs is 1. The average molecular weight is 285 g/mol. The normalized spacial score (nSPS) is 23.8. The van der Waals surface area contributed by atoms with Crippen molar-refractivity contribution >= 4 is 10.9 Å². The number of benzene rings is 1. The predicted octanol–water partition coefficient (Wildman–Crippen LogP) is 3.22. The fourth-order valence-corrected chi connectivity index (χ4v) is 3.68. The number of aryl methyl sites for hydroxylation is 1. The van der Waals surface area contributed by atoms with E-state index in [1.54, 1.807) is 0 Å². The minimum Gasteiger partial charge on any atom is -0.347 e. The molecule has 2 N–H and O–H groups in total. The van der Waals surface area contributed by atoms with Gasteiger partial charge in [0.2, 0.25) is 0 Å². The van der Waals surface area contributed by atoms with E-state index in [0.29, 0.717) is 6.04 Å². The molecule has 0 bridgehead atoms. The zero-order chi connectivity index (χ0) is 14.8. The summed E-state index contributed by atoms with van der Waals surface area (Å²) in [6.07, 6.45) is 4.86. The Kier molecular flexibility index (Phi) is 4.32. The Bertz CT molecular complexity index is 602. The highest BCUT2D eigenvalue weighted by molar-refractivity contribution is 5.83. The molecule has 1 saturated heterocycles. The third-order valence-corrected chi connectivity index (χ3v) is 4.96. The van der Waals surface area contributed by atoms with Gasteiger partial charge in [0.25, 0.3) is 0 Å². The first-order valence-electron chi connectivity index (χ1n) is 8.23. The molecule has 2 aromatic rings. The first-order valence-corrected chi connectivity index (χ1v) is 8.23. The highest BCUT2D eigenvalue weighted by atomic mass is 15.2. The second-order valence-electron chi connectivity index (χ2n) is 6.45. The Morgan fingerprint density at radius 2 is 2.10 bits per heavy atom. The van der Waals surface area contributed by atoms with E-state index in [1.165, 1.54) is 35.9 Å². The van der Waals surface area contributed by atoms with Gasteiger partial charge in [0.05, 0.1) is 0 Å². The maximum atomic E-state index is 6.01. The zero-order valence-electron chi connectivity index (χ0n) is 13.3. The lowest BCUT2D eigenvalue weighted by Gasteiger charge is -2.37. The number of nitrogens with zero attached hydrogens (tertiary/aromatic N) is 2. The lowest BCUT2D eigenvalue weighted by Crippen LogP contribution is -2.45. The zero-order valence-corrected chi connectivity index (χ0v) is 13.3. The lowest BCUT2D eigenvalue weighted by atomic mass is 9.92. The molecule has 2 unspecified atom stereocenters. The van der Waals surface area contributed by atoms with E-state index >= 15 is 0 Å². The SMILES string of the molecule is CCn1cc(CN2CCC(C)CC2CN)c2ccccc21. The van der Waals surface area contributed by atoms with E-state index in [9.17, 15) is 0 Å². The molecule has 0 radical (unpaired) electrons. The standard InChI is InChI=1S/C18H27N3/c1-3-20-12-15(17-6-4-5-7-18(17)20)13-21-9-8-14(2)10-16(21)11-19/h4-7,12,14,16H,3,8-11,13,19H2,1-2H3. The third kappa shape index (κ3) is 2.85. The van der Waals surface area contributed by atoms with Gasteiger partial charge in [0.15, 0.2) is 0 Å². The van der Waals surface area contributed by atoms with Crippen LogP contribution >= 0.6 is 0 Å². The number of hydrogen-bond acceptors (Lipinski definition) is 2. The first kappa shape index (κ1) is 14.6. The monoisotopic (exact) mass is 285 g/mol. The summed E-state index contributed by atoms with van der Waals surface area (Å²) in [4.78, 5) is 2.59. The summed E-state index contributed by atoms with van der Waals surface area (Å²) in [5.41, 5.74) is 8.80. The van der Waals surface area contributed by atoms with Gasteiger partial charge < -0.3 is 10.3 Å². The second kappa shape index (κ2) is 6.20. The quantitative estimate of drug-likeness (QED) is 0.936. The topological polar surface area (TPSA) is 34.2 Å². The summed E-state index contributed by atoms with van der Waals surface area (Å²) in [7, 11) is 0. The van der Waals surface area contributed by atoms with Crippen LogP contribution < -0.4 is 5.73 Å². The van der Waals surface area contributed by atoms with Gasteiger partial charge >= 0.3 is 0 Å². The lowest BCUT2D eigenvalue weighted by molar-refractivity contribution is 0.115. The molecule has 0 aliphatic carbocycles. The van der Waals surface area contributed by atoms with Crippen molar-refractivity contribution in [1.29, 1.82) is 0 Å². The Hall–Kier alpha value is -1.32. The van der Waals surface area contributed by atoms with Crippen molar-refractivity contribution in [2.45, 2.75) is 45.8 Å². The van der Waals surface area contributed by atoms with Gasteiger partial charge in [-0.05, 0) is 43.9 Å². The van der Waals surface area contributed by atoms with E-state index in [1.807, 2.05) is 0 Å². The number of para-hydroxylation sites is 1. The maximum absolute atomic E-state index is 6.01. The highest BCUT2D eigenvalue weighted by Gasteiger charge is 2.25. The van der Waals surface area contributed by atoms with Crippen LogP contribution in [0.3, 0.4) is 0 Å². The van der Waals surface area contributed by atoms with E-state index in [4.69, 9.17) is 5.73 Å². The van der Waals surface area contributed by atoms with Crippen LogP contribution in [0.4, 0.5) is 0 Å². The molecular formula is C18H27N3. The molecule has 2 atom stereocenters. The fourth-order valence-electron chi connectivity index (χ4n) is 3.68. The predicted molar refractivity (Wildman–Crippen MR) is 89.3 cm³/mol. The summed E-state index contributed by atoms with van der Waals surface area (Å²) >= 11 is 0. The Morgan fingerprint density at radius 1 is 1.29 bits per heavy atom. The smallest absolute Gasteiger partial charge is 0.0483 e. The Morgan fingerprint density at radius 3 is 2.86 bits per heavy atom. The van der Waals surface area contributed by atoms with Crippen molar-refractivity contribution in [2.75, 3.05) is 13.1 Å². The Labute approximate surface area is 127 Å². The number of hydrogen-bond donors (Lipinski definition) is 1. The van der Waals surface area contributed by atoms with Crippen molar-refractivity contribution < 1.29 is 0 Å². The van der Waals surface area contributed by atoms with E-state index < -0.39 is 0 Å².